The van der Waals surface area contributed by atoms with Crippen LogP contribution in [0.5, 0.6) is 0 Å². The minimum absolute atomic E-state index is 0.0805. The monoisotopic (exact) mass is 263 g/mol. The Morgan fingerprint density at radius 2 is 2.28 bits per heavy atom. The number of rotatable bonds is 4. The summed E-state index contributed by atoms with van der Waals surface area (Å²) in [5, 5.41) is 13.0. The molecule has 3 rings (SSSR count). The first-order valence-electron chi connectivity index (χ1n) is 5.58. The number of halogens is 1. The maximum Gasteiger partial charge on any atom is 0.160 e. The van der Waals surface area contributed by atoms with E-state index in [1.807, 2.05) is 6.07 Å². The zero-order chi connectivity index (χ0) is 12.5. The Hall–Kier alpha value is -1.95. The Kier molecular flexibility index (Phi) is 2.71. The average Bonchev–Trinajstić information content (AvgIpc) is 3.11. The molecule has 0 amide bonds. The molecule has 0 aromatic carbocycles. The van der Waals surface area contributed by atoms with Crippen molar-refractivity contribution in [2.45, 2.75) is 18.8 Å². The summed E-state index contributed by atoms with van der Waals surface area (Å²) in [6.45, 7) is 0. The normalized spacial score (nSPS) is 14.5. The number of hydrogen-bond acceptors (Lipinski definition) is 5. The fraction of sp³-hybridized carbons (Fsp3) is 0.273. The van der Waals surface area contributed by atoms with Gasteiger partial charge in [0.1, 0.15) is 17.3 Å². The summed E-state index contributed by atoms with van der Waals surface area (Å²) in [5.74, 6) is 1.89. The second kappa shape index (κ2) is 4.38. The van der Waals surface area contributed by atoms with Crippen molar-refractivity contribution >= 4 is 28.9 Å². The van der Waals surface area contributed by atoms with Crippen LogP contribution in [0.25, 0.3) is 0 Å². The quantitative estimate of drug-likeness (QED) is 0.653. The van der Waals surface area contributed by atoms with E-state index < -0.39 is 0 Å². The molecule has 1 fully saturated rings. The fourth-order valence-corrected chi connectivity index (χ4v) is 1.88. The van der Waals surface area contributed by atoms with Gasteiger partial charge in [-0.15, -0.1) is 4.91 Å². The number of H-pyrrole nitrogens is 1. The highest BCUT2D eigenvalue weighted by molar-refractivity contribution is 6.31. The number of aromatic nitrogens is 3. The molecular formula is C11H10ClN5O. The van der Waals surface area contributed by atoms with Crippen LogP contribution in [0, 0.1) is 4.91 Å². The van der Waals surface area contributed by atoms with E-state index in [0.717, 1.165) is 11.5 Å². The molecule has 2 aromatic rings. The number of anilines is 2. The molecule has 0 aliphatic heterocycles. The van der Waals surface area contributed by atoms with Gasteiger partial charge in [0.05, 0.1) is 5.69 Å². The van der Waals surface area contributed by atoms with Crippen molar-refractivity contribution in [3.05, 3.63) is 34.0 Å². The molecule has 92 valence electrons. The molecule has 7 heteroatoms. The molecule has 1 aliphatic carbocycles. The highest BCUT2D eigenvalue weighted by Crippen LogP contribution is 2.39. The first-order valence-corrected chi connectivity index (χ1v) is 5.96. The Morgan fingerprint density at radius 3 is 2.94 bits per heavy atom. The molecule has 0 radical (unpaired) electrons. The SMILES string of the molecule is O=Nc1ccc(Nc2cc(C3CC3)n[nH]2)nc1Cl. The van der Waals surface area contributed by atoms with Gasteiger partial charge >= 0.3 is 0 Å². The van der Waals surface area contributed by atoms with E-state index in [1.165, 1.54) is 18.9 Å². The van der Waals surface area contributed by atoms with Gasteiger partial charge in [0.25, 0.3) is 0 Å². The van der Waals surface area contributed by atoms with Gasteiger partial charge in [-0.3, -0.25) is 5.10 Å². The van der Waals surface area contributed by atoms with Gasteiger partial charge in [-0.1, -0.05) is 11.6 Å². The van der Waals surface area contributed by atoms with E-state index in [2.05, 4.69) is 25.7 Å². The minimum atomic E-state index is 0.0805. The third-order valence-corrected chi connectivity index (χ3v) is 3.06. The summed E-state index contributed by atoms with van der Waals surface area (Å²) in [5.41, 5.74) is 1.19. The van der Waals surface area contributed by atoms with Crippen LogP contribution in [0.2, 0.25) is 5.15 Å². The van der Waals surface area contributed by atoms with Gasteiger partial charge < -0.3 is 5.32 Å². The maximum atomic E-state index is 10.4. The molecule has 0 spiro atoms. The lowest BCUT2D eigenvalue weighted by Crippen LogP contribution is -1.93. The second-order valence-corrected chi connectivity index (χ2v) is 4.56. The van der Waals surface area contributed by atoms with Gasteiger partial charge in [0.15, 0.2) is 5.15 Å². The summed E-state index contributed by atoms with van der Waals surface area (Å²) in [4.78, 5) is 14.4. The van der Waals surface area contributed by atoms with Crippen LogP contribution in [0.15, 0.2) is 23.4 Å². The van der Waals surface area contributed by atoms with E-state index in [-0.39, 0.29) is 10.8 Å². The molecule has 0 atom stereocenters. The van der Waals surface area contributed by atoms with Crippen molar-refractivity contribution < 1.29 is 0 Å². The molecule has 0 bridgehead atoms. The van der Waals surface area contributed by atoms with E-state index in [9.17, 15) is 4.91 Å². The summed E-state index contributed by atoms with van der Waals surface area (Å²) in [6.07, 6.45) is 2.40. The van der Waals surface area contributed by atoms with Gasteiger partial charge in [0, 0.05) is 12.0 Å². The zero-order valence-electron chi connectivity index (χ0n) is 9.35. The Bertz CT molecular complexity index is 593. The smallest absolute Gasteiger partial charge is 0.160 e. The van der Waals surface area contributed by atoms with E-state index >= 15 is 0 Å². The summed E-state index contributed by atoms with van der Waals surface area (Å²) >= 11 is 5.79. The van der Waals surface area contributed by atoms with Crippen LogP contribution in [-0.2, 0) is 0 Å². The number of nitroso groups, excluding NO2 is 1. The first-order chi connectivity index (χ1) is 8.76. The maximum absolute atomic E-state index is 10.4. The Morgan fingerprint density at radius 1 is 1.44 bits per heavy atom. The average molecular weight is 264 g/mol. The van der Waals surface area contributed by atoms with Crippen LogP contribution in [0.1, 0.15) is 24.5 Å². The van der Waals surface area contributed by atoms with Crippen molar-refractivity contribution in [3.63, 3.8) is 0 Å². The van der Waals surface area contributed by atoms with Crippen LogP contribution in [-0.4, -0.2) is 15.2 Å². The second-order valence-electron chi connectivity index (χ2n) is 4.20. The van der Waals surface area contributed by atoms with Gasteiger partial charge in [-0.25, -0.2) is 4.98 Å². The Balaban J connectivity index is 1.78. The van der Waals surface area contributed by atoms with Crippen LogP contribution >= 0.6 is 11.6 Å². The van der Waals surface area contributed by atoms with Gasteiger partial charge in [-0.2, -0.15) is 5.10 Å². The lowest BCUT2D eigenvalue weighted by Gasteiger charge is -2.02. The van der Waals surface area contributed by atoms with Crippen molar-refractivity contribution in [1.29, 1.82) is 0 Å². The molecule has 6 nitrogen and oxygen atoms in total. The van der Waals surface area contributed by atoms with E-state index in [4.69, 9.17) is 11.6 Å². The van der Waals surface area contributed by atoms with Gasteiger partial charge in [-0.05, 0) is 30.2 Å². The predicted molar refractivity (Wildman–Crippen MR) is 68.5 cm³/mol. The largest absolute Gasteiger partial charge is 0.325 e. The predicted octanol–water partition coefficient (Wildman–Crippen LogP) is 3.48. The third kappa shape index (κ3) is 2.19. The number of hydrogen-bond donors (Lipinski definition) is 2. The third-order valence-electron chi connectivity index (χ3n) is 2.78. The highest BCUT2D eigenvalue weighted by Gasteiger charge is 2.26. The number of pyridine rings is 1. The topological polar surface area (TPSA) is 83.0 Å². The van der Waals surface area contributed by atoms with Crippen molar-refractivity contribution in [2.24, 2.45) is 5.18 Å². The molecule has 1 aliphatic rings. The van der Waals surface area contributed by atoms with Crippen LogP contribution in [0.4, 0.5) is 17.3 Å². The molecule has 2 aromatic heterocycles. The number of nitrogens with one attached hydrogen (secondary N) is 2. The molecule has 2 heterocycles. The molecule has 1 saturated carbocycles. The van der Waals surface area contributed by atoms with E-state index in [1.54, 1.807) is 6.07 Å². The lowest BCUT2D eigenvalue weighted by atomic mass is 10.3. The van der Waals surface area contributed by atoms with Crippen molar-refractivity contribution in [1.82, 2.24) is 15.2 Å². The summed E-state index contributed by atoms with van der Waals surface area (Å²) in [6, 6.07) is 5.11. The van der Waals surface area contributed by atoms with Crippen LogP contribution < -0.4 is 5.32 Å². The van der Waals surface area contributed by atoms with Gasteiger partial charge in [0.2, 0.25) is 0 Å². The minimum Gasteiger partial charge on any atom is -0.325 e. The zero-order valence-corrected chi connectivity index (χ0v) is 10.1. The summed E-state index contributed by atoms with van der Waals surface area (Å²) < 4.78 is 0. The number of nitrogens with zero attached hydrogens (tertiary/aromatic N) is 3. The lowest BCUT2D eigenvalue weighted by molar-refractivity contribution is 0.966. The molecule has 0 saturated heterocycles. The molecule has 18 heavy (non-hydrogen) atoms. The molecule has 2 N–H and O–H groups in total. The highest BCUT2D eigenvalue weighted by atomic mass is 35.5. The van der Waals surface area contributed by atoms with Crippen molar-refractivity contribution in [2.75, 3.05) is 5.32 Å². The molecule has 0 unspecified atom stereocenters. The molecular weight excluding hydrogens is 254 g/mol. The Labute approximate surface area is 108 Å². The van der Waals surface area contributed by atoms with Crippen molar-refractivity contribution in [3.8, 4) is 0 Å². The fourth-order valence-electron chi connectivity index (χ4n) is 1.69. The first kappa shape index (κ1) is 11.2. The van der Waals surface area contributed by atoms with E-state index in [0.29, 0.717) is 11.7 Å². The standard InChI is InChI=1S/C11H10ClN5O/c12-11-7(17-18)3-4-9(14-11)13-10-5-8(15-16-10)6-1-2-6/h3-6H,1-2H2,(H2,13,14,15,16). The number of aromatic amines is 1. The van der Waals surface area contributed by atoms with Crippen LogP contribution in [0.3, 0.4) is 0 Å². The summed E-state index contributed by atoms with van der Waals surface area (Å²) in [7, 11) is 0.